The molecular formula is C37H42N2O9. The molecule has 4 rings (SSSR count). The third-order valence-corrected chi connectivity index (χ3v) is 7.07. The number of rotatable bonds is 11. The Hall–Kier alpha value is -5.71. The Morgan fingerprint density at radius 1 is 0.542 bits per heavy atom. The Bertz CT molecular complexity index is 1730. The summed E-state index contributed by atoms with van der Waals surface area (Å²) in [6.07, 6.45) is 0. The van der Waals surface area contributed by atoms with Crippen LogP contribution in [-0.4, -0.2) is 60.1 Å². The van der Waals surface area contributed by atoms with Crippen LogP contribution in [0.3, 0.4) is 0 Å². The second-order valence-corrected chi connectivity index (χ2v) is 11.4. The predicted octanol–water partition coefficient (Wildman–Crippen LogP) is 6.45. The van der Waals surface area contributed by atoms with Crippen LogP contribution in [0, 0.1) is 5.41 Å². The number of carbonyl (C=O) groups is 3. The number of nitrogens with two attached hydrogens (primary N) is 1. The normalized spacial score (nSPS) is 10.5. The van der Waals surface area contributed by atoms with Crippen LogP contribution < -0.4 is 39.5 Å². The monoisotopic (exact) mass is 658 g/mol. The summed E-state index contributed by atoms with van der Waals surface area (Å²) in [5.74, 6) is 2.03. The van der Waals surface area contributed by atoms with Gasteiger partial charge in [-0.05, 0) is 48.5 Å². The summed E-state index contributed by atoms with van der Waals surface area (Å²) >= 11 is 0. The van der Waals surface area contributed by atoms with Gasteiger partial charge in [-0.15, -0.1) is 0 Å². The summed E-state index contributed by atoms with van der Waals surface area (Å²) in [4.78, 5) is 37.7. The van der Waals surface area contributed by atoms with Crippen molar-refractivity contribution in [3.05, 3.63) is 95.1 Å². The zero-order chi connectivity index (χ0) is 35.6. The maximum Gasteiger partial charge on any atom is 0.229 e. The molecule has 0 aliphatic heterocycles. The van der Waals surface area contributed by atoms with Crippen molar-refractivity contribution in [3.63, 3.8) is 0 Å². The van der Waals surface area contributed by atoms with Crippen molar-refractivity contribution in [2.24, 2.45) is 5.41 Å². The molecule has 0 aliphatic rings. The number of amides is 1. The van der Waals surface area contributed by atoms with Crippen LogP contribution in [0.15, 0.2) is 72.8 Å². The third-order valence-electron chi connectivity index (χ3n) is 7.07. The molecular weight excluding hydrogens is 616 g/mol. The highest BCUT2D eigenvalue weighted by Crippen LogP contribution is 2.40. The first-order chi connectivity index (χ1) is 22.8. The van der Waals surface area contributed by atoms with E-state index in [1.807, 2.05) is 20.8 Å². The van der Waals surface area contributed by atoms with E-state index in [1.54, 1.807) is 72.8 Å². The van der Waals surface area contributed by atoms with Gasteiger partial charge in [0.2, 0.25) is 17.4 Å². The predicted molar refractivity (Wildman–Crippen MR) is 184 cm³/mol. The number of anilines is 2. The standard InChI is InChI=1S/C21H25NO5.C16H17NO4/c1-21(2,3)20(24)22-15-9-7-8-13(10-15)18(23)14-11-16(25-4)19(27-6)17(12-14)26-5;1-19-13-8-11(9-14(20-2)16(13)21-3)15(18)10-5-4-6-12(17)7-10/h7-12H,1-6H3,(H,22,24);4-9H,17H2,1-3H3. The first kappa shape index (κ1) is 36.8. The topological polar surface area (TPSA) is 145 Å². The van der Waals surface area contributed by atoms with Gasteiger partial charge in [0.1, 0.15) is 0 Å². The van der Waals surface area contributed by atoms with Gasteiger partial charge < -0.3 is 39.5 Å². The molecule has 0 fully saturated rings. The van der Waals surface area contributed by atoms with Gasteiger partial charge >= 0.3 is 0 Å². The Labute approximate surface area is 280 Å². The second kappa shape index (κ2) is 16.2. The van der Waals surface area contributed by atoms with E-state index in [4.69, 9.17) is 34.2 Å². The first-order valence-corrected chi connectivity index (χ1v) is 14.8. The van der Waals surface area contributed by atoms with E-state index in [9.17, 15) is 14.4 Å². The van der Waals surface area contributed by atoms with Crippen LogP contribution in [0.4, 0.5) is 11.4 Å². The molecule has 11 heteroatoms. The summed E-state index contributed by atoms with van der Waals surface area (Å²) in [7, 11) is 9.02. The number of hydrogen-bond acceptors (Lipinski definition) is 10. The lowest BCUT2D eigenvalue weighted by atomic mass is 9.95. The number of hydrogen-bond donors (Lipinski definition) is 2. The van der Waals surface area contributed by atoms with Crippen molar-refractivity contribution in [3.8, 4) is 34.5 Å². The van der Waals surface area contributed by atoms with Crippen LogP contribution >= 0.6 is 0 Å². The second-order valence-electron chi connectivity index (χ2n) is 11.4. The maximum atomic E-state index is 13.0. The fraction of sp³-hybridized carbons (Fsp3) is 0.270. The molecule has 11 nitrogen and oxygen atoms in total. The molecule has 0 radical (unpaired) electrons. The van der Waals surface area contributed by atoms with E-state index in [0.717, 1.165) is 0 Å². The first-order valence-electron chi connectivity index (χ1n) is 14.8. The number of ether oxygens (including phenoxy) is 6. The molecule has 3 N–H and O–H groups in total. The van der Waals surface area contributed by atoms with E-state index in [1.165, 1.54) is 42.7 Å². The van der Waals surface area contributed by atoms with Crippen molar-refractivity contribution in [2.75, 3.05) is 53.7 Å². The van der Waals surface area contributed by atoms with Gasteiger partial charge in [-0.2, -0.15) is 0 Å². The van der Waals surface area contributed by atoms with Crippen molar-refractivity contribution in [1.29, 1.82) is 0 Å². The molecule has 4 aromatic carbocycles. The van der Waals surface area contributed by atoms with E-state index in [0.29, 0.717) is 68.1 Å². The molecule has 0 saturated carbocycles. The SMILES string of the molecule is COc1cc(C(=O)c2cccc(N)c2)cc(OC)c1OC.COc1cc(C(=O)c2cccc(NC(=O)C(C)(C)C)c2)cc(OC)c1OC. The molecule has 0 aliphatic carbocycles. The van der Waals surface area contributed by atoms with Gasteiger partial charge in [0.15, 0.2) is 34.6 Å². The number of nitrogen functional groups attached to an aromatic ring is 1. The van der Waals surface area contributed by atoms with E-state index < -0.39 is 5.41 Å². The van der Waals surface area contributed by atoms with E-state index in [-0.39, 0.29) is 17.5 Å². The summed E-state index contributed by atoms with van der Waals surface area (Å²) in [5, 5.41) is 2.83. The number of carbonyl (C=O) groups excluding carboxylic acids is 3. The average Bonchev–Trinajstić information content (AvgIpc) is 3.09. The fourth-order valence-corrected chi connectivity index (χ4v) is 4.49. The highest BCUT2D eigenvalue weighted by molar-refractivity contribution is 6.11. The number of ketones is 2. The zero-order valence-corrected chi connectivity index (χ0v) is 28.7. The molecule has 4 aromatic rings. The lowest BCUT2D eigenvalue weighted by Gasteiger charge is -2.18. The summed E-state index contributed by atoms with van der Waals surface area (Å²) in [5.41, 5.74) is 8.06. The number of benzene rings is 4. The Kier molecular flexibility index (Phi) is 12.4. The third kappa shape index (κ3) is 8.75. The Morgan fingerprint density at radius 2 is 0.938 bits per heavy atom. The van der Waals surface area contributed by atoms with Gasteiger partial charge in [0.05, 0.1) is 42.7 Å². The smallest absolute Gasteiger partial charge is 0.229 e. The molecule has 0 atom stereocenters. The molecule has 254 valence electrons. The van der Waals surface area contributed by atoms with Crippen LogP contribution in [0.2, 0.25) is 0 Å². The molecule has 0 unspecified atom stereocenters. The number of nitrogens with one attached hydrogen (secondary N) is 1. The Morgan fingerprint density at radius 3 is 1.29 bits per heavy atom. The van der Waals surface area contributed by atoms with Gasteiger partial charge in [-0.3, -0.25) is 14.4 Å². The average molecular weight is 659 g/mol. The lowest BCUT2D eigenvalue weighted by molar-refractivity contribution is -0.123. The van der Waals surface area contributed by atoms with Crippen molar-refractivity contribution < 1.29 is 42.8 Å². The minimum atomic E-state index is -0.531. The minimum Gasteiger partial charge on any atom is -0.493 e. The highest BCUT2D eigenvalue weighted by atomic mass is 16.5. The van der Waals surface area contributed by atoms with Crippen LogP contribution in [0.1, 0.15) is 52.6 Å². The summed E-state index contributed by atoms with van der Waals surface area (Å²) in [6, 6.07) is 20.1. The van der Waals surface area contributed by atoms with Crippen LogP contribution in [-0.2, 0) is 4.79 Å². The van der Waals surface area contributed by atoms with Gasteiger partial charge in [-0.1, -0.05) is 45.0 Å². The molecule has 0 aromatic heterocycles. The minimum absolute atomic E-state index is 0.125. The van der Waals surface area contributed by atoms with Crippen molar-refractivity contribution >= 4 is 28.8 Å². The quantitative estimate of drug-likeness (QED) is 0.136. The molecule has 0 spiro atoms. The van der Waals surface area contributed by atoms with Gasteiger partial charge in [0.25, 0.3) is 0 Å². The molecule has 0 saturated heterocycles. The van der Waals surface area contributed by atoms with Crippen molar-refractivity contribution in [1.82, 2.24) is 0 Å². The number of methoxy groups -OCH3 is 6. The molecule has 1 amide bonds. The zero-order valence-electron chi connectivity index (χ0n) is 28.7. The largest absolute Gasteiger partial charge is 0.493 e. The molecule has 0 bridgehead atoms. The highest BCUT2D eigenvalue weighted by Gasteiger charge is 2.23. The molecule has 0 heterocycles. The summed E-state index contributed by atoms with van der Waals surface area (Å²) in [6.45, 7) is 5.48. The van der Waals surface area contributed by atoms with E-state index >= 15 is 0 Å². The maximum absolute atomic E-state index is 13.0. The molecule has 48 heavy (non-hydrogen) atoms. The van der Waals surface area contributed by atoms with Crippen LogP contribution in [0.5, 0.6) is 34.5 Å². The lowest BCUT2D eigenvalue weighted by Crippen LogP contribution is -2.27. The fourth-order valence-electron chi connectivity index (χ4n) is 4.49. The summed E-state index contributed by atoms with van der Waals surface area (Å²) < 4.78 is 31.6. The van der Waals surface area contributed by atoms with Gasteiger partial charge in [0, 0.05) is 39.0 Å². The van der Waals surface area contributed by atoms with E-state index in [2.05, 4.69) is 5.32 Å². The van der Waals surface area contributed by atoms with Crippen molar-refractivity contribution in [2.45, 2.75) is 20.8 Å². The van der Waals surface area contributed by atoms with Crippen LogP contribution in [0.25, 0.3) is 0 Å². The van der Waals surface area contributed by atoms with Gasteiger partial charge in [-0.25, -0.2) is 0 Å². The Balaban J connectivity index is 0.000000269.